The molecule has 238 valence electrons. The van der Waals surface area contributed by atoms with E-state index in [1.807, 2.05) is 0 Å². The van der Waals surface area contributed by atoms with Gasteiger partial charge >= 0.3 is 0 Å². The van der Waals surface area contributed by atoms with Gasteiger partial charge in [0.05, 0.1) is 27.8 Å². The van der Waals surface area contributed by atoms with E-state index in [-0.39, 0.29) is 5.92 Å². The molecule has 2 nitrogen and oxygen atoms in total. The van der Waals surface area contributed by atoms with Crippen LogP contribution in [0.3, 0.4) is 0 Å². The van der Waals surface area contributed by atoms with Gasteiger partial charge in [-0.15, -0.1) is 0 Å². The zero-order chi connectivity index (χ0) is 33.5. The zero-order valence-electron chi connectivity index (χ0n) is 27.9. The second-order valence-corrected chi connectivity index (χ2v) is 13.7. The van der Waals surface area contributed by atoms with Crippen molar-refractivity contribution < 1.29 is 0 Å². The maximum absolute atomic E-state index is 2.46. The molecule has 0 fully saturated rings. The minimum absolute atomic E-state index is 0.206. The molecule has 0 N–H and O–H groups in total. The predicted octanol–water partition coefficient (Wildman–Crippen LogP) is 12.7. The molecule has 1 aliphatic rings. The van der Waals surface area contributed by atoms with Gasteiger partial charge in [-0.3, -0.25) is 0 Å². The van der Waals surface area contributed by atoms with Gasteiger partial charge in [-0.2, -0.15) is 0 Å². The molecule has 0 unspecified atom stereocenters. The molecule has 0 amide bonds. The quantitative estimate of drug-likeness (QED) is 0.180. The van der Waals surface area contributed by atoms with Crippen LogP contribution in [0.1, 0.15) is 22.6 Å². The van der Waals surface area contributed by atoms with Crippen molar-refractivity contribution in [2.45, 2.75) is 5.92 Å². The van der Waals surface area contributed by atoms with Crippen molar-refractivity contribution in [3.05, 3.63) is 205 Å². The maximum Gasteiger partial charge on any atom is 0.0542 e. The summed E-state index contributed by atoms with van der Waals surface area (Å²) >= 11 is 0. The highest BCUT2D eigenvalue weighted by Crippen LogP contribution is 2.48. The van der Waals surface area contributed by atoms with Crippen LogP contribution in [0.25, 0.3) is 77.2 Å². The molecule has 10 aromatic rings. The van der Waals surface area contributed by atoms with Crippen molar-refractivity contribution in [1.82, 2.24) is 9.13 Å². The maximum atomic E-state index is 2.46. The molecule has 2 heterocycles. The second kappa shape index (κ2) is 10.9. The summed E-state index contributed by atoms with van der Waals surface area (Å²) in [5.74, 6) is 0.206. The molecule has 0 aliphatic heterocycles. The zero-order valence-corrected chi connectivity index (χ0v) is 27.9. The topological polar surface area (TPSA) is 9.86 Å². The minimum atomic E-state index is 0.206. The van der Waals surface area contributed by atoms with Crippen molar-refractivity contribution >= 4 is 43.6 Å². The summed E-state index contributed by atoms with van der Waals surface area (Å²) in [5.41, 5.74) is 16.4. The number of para-hydroxylation sites is 4. The van der Waals surface area contributed by atoms with Crippen molar-refractivity contribution in [3.8, 4) is 33.6 Å². The normalized spacial score (nSPS) is 12.6. The number of nitrogens with zero attached hydrogens (tertiary/aromatic N) is 2. The van der Waals surface area contributed by atoms with E-state index >= 15 is 0 Å². The first-order chi connectivity index (χ1) is 25.3. The SMILES string of the molecule is c1cc(-c2ccccc2-n2c3ccccc3c3cc(-n4c5ccccc5c5ccccc54)ccc32)cc(C2c3ccccc3-c3ccccc32)c1. The molecule has 0 bridgehead atoms. The van der Waals surface area contributed by atoms with E-state index in [0.29, 0.717) is 0 Å². The Bertz CT molecular complexity index is 2890. The summed E-state index contributed by atoms with van der Waals surface area (Å²) in [4.78, 5) is 0. The van der Waals surface area contributed by atoms with Gasteiger partial charge in [0.2, 0.25) is 0 Å². The lowest BCUT2D eigenvalue weighted by Crippen LogP contribution is -2.01. The Labute approximate surface area is 296 Å². The van der Waals surface area contributed by atoms with Gasteiger partial charge in [-0.05, 0) is 75.8 Å². The fourth-order valence-corrected chi connectivity index (χ4v) is 8.87. The molecular formula is C49H32N2. The molecule has 0 saturated carbocycles. The summed E-state index contributed by atoms with van der Waals surface area (Å²) in [6.45, 7) is 0. The number of hydrogen-bond donors (Lipinski definition) is 0. The number of rotatable bonds is 4. The average molecular weight is 649 g/mol. The van der Waals surface area contributed by atoms with Crippen LogP contribution in [0, 0.1) is 0 Å². The molecule has 0 atom stereocenters. The Morgan fingerprint density at radius 3 is 1.51 bits per heavy atom. The first-order valence-corrected chi connectivity index (χ1v) is 17.7. The third-order valence-electron chi connectivity index (χ3n) is 11.0. The van der Waals surface area contributed by atoms with Gasteiger partial charge in [-0.25, -0.2) is 0 Å². The van der Waals surface area contributed by atoms with Crippen LogP contribution in [0.2, 0.25) is 0 Å². The van der Waals surface area contributed by atoms with Crippen LogP contribution in [0.15, 0.2) is 188 Å². The first-order valence-electron chi connectivity index (χ1n) is 17.7. The van der Waals surface area contributed by atoms with E-state index in [1.54, 1.807) is 0 Å². The fraction of sp³-hybridized carbons (Fsp3) is 0.0204. The van der Waals surface area contributed by atoms with E-state index in [2.05, 4.69) is 197 Å². The molecule has 11 rings (SSSR count). The Kier molecular flexibility index (Phi) is 6.05. The standard InChI is InChI=1S/C49H32N2/c1-3-22-41-36(17-1)37-18-2-4-23-42(37)49(41)33-15-13-14-32(30-33)35-16-5-9-24-44(35)51-47-27-12-8-21-40(47)43-31-34(28-29-48(43)51)50-45-25-10-6-19-38(45)39-20-7-11-26-46(39)50/h1-31,49H. The van der Waals surface area contributed by atoms with Crippen molar-refractivity contribution in [1.29, 1.82) is 0 Å². The van der Waals surface area contributed by atoms with E-state index in [4.69, 9.17) is 0 Å². The molecule has 2 aromatic heterocycles. The van der Waals surface area contributed by atoms with Crippen molar-refractivity contribution in [2.24, 2.45) is 0 Å². The van der Waals surface area contributed by atoms with Gasteiger partial charge in [0.15, 0.2) is 0 Å². The van der Waals surface area contributed by atoms with Gasteiger partial charge in [0.25, 0.3) is 0 Å². The monoisotopic (exact) mass is 648 g/mol. The molecule has 2 heteroatoms. The third kappa shape index (κ3) is 4.11. The van der Waals surface area contributed by atoms with Crippen molar-refractivity contribution in [2.75, 3.05) is 0 Å². The molecule has 0 radical (unpaired) electrons. The minimum Gasteiger partial charge on any atom is -0.309 e. The van der Waals surface area contributed by atoms with Gasteiger partial charge in [0.1, 0.15) is 0 Å². The Balaban J connectivity index is 1.10. The number of aromatic nitrogens is 2. The number of benzene rings is 8. The van der Waals surface area contributed by atoms with Gasteiger partial charge in [-0.1, -0.05) is 146 Å². The molecule has 8 aromatic carbocycles. The Morgan fingerprint density at radius 2 is 0.843 bits per heavy atom. The van der Waals surface area contributed by atoms with E-state index in [9.17, 15) is 0 Å². The van der Waals surface area contributed by atoms with E-state index in [0.717, 1.165) is 0 Å². The van der Waals surface area contributed by atoms with Crippen LogP contribution in [0.4, 0.5) is 0 Å². The molecule has 0 spiro atoms. The van der Waals surface area contributed by atoms with Gasteiger partial charge < -0.3 is 9.13 Å². The lowest BCUT2D eigenvalue weighted by atomic mass is 9.87. The predicted molar refractivity (Wildman–Crippen MR) is 213 cm³/mol. The Hall–Kier alpha value is -6.64. The summed E-state index contributed by atoms with van der Waals surface area (Å²) in [5, 5.41) is 5.04. The van der Waals surface area contributed by atoms with Crippen LogP contribution >= 0.6 is 0 Å². The number of fused-ring (bicyclic) bond motifs is 9. The van der Waals surface area contributed by atoms with Crippen LogP contribution in [-0.2, 0) is 0 Å². The Morgan fingerprint density at radius 1 is 0.333 bits per heavy atom. The summed E-state index contributed by atoms with van der Waals surface area (Å²) in [6, 6.07) is 69.2. The highest BCUT2D eigenvalue weighted by atomic mass is 15.0. The van der Waals surface area contributed by atoms with Crippen LogP contribution < -0.4 is 0 Å². The lowest BCUT2D eigenvalue weighted by Gasteiger charge is -2.18. The summed E-state index contributed by atoms with van der Waals surface area (Å²) in [7, 11) is 0. The lowest BCUT2D eigenvalue weighted by molar-refractivity contribution is 1.02. The van der Waals surface area contributed by atoms with E-state index < -0.39 is 0 Å². The fourth-order valence-electron chi connectivity index (χ4n) is 8.87. The third-order valence-corrected chi connectivity index (χ3v) is 11.0. The summed E-state index contributed by atoms with van der Waals surface area (Å²) in [6.07, 6.45) is 0. The van der Waals surface area contributed by atoms with Crippen molar-refractivity contribution in [3.63, 3.8) is 0 Å². The average Bonchev–Trinajstić information content (AvgIpc) is 3.84. The first kappa shape index (κ1) is 28.2. The molecule has 0 saturated heterocycles. The second-order valence-electron chi connectivity index (χ2n) is 13.7. The van der Waals surface area contributed by atoms with Gasteiger partial charge in [0, 0.05) is 38.7 Å². The molecular weight excluding hydrogens is 617 g/mol. The molecule has 1 aliphatic carbocycles. The largest absolute Gasteiger partial charge is 0.309 e. The highest BCUT2D eigenvalue weighted by molar-refractivity contribution is 6.12. The number of hydrogen-bond acceptors (Lipinski definition) is 0. The highest BCUT2D eigenvalue weighted by Gasteiger charge is 2.29. The summed E-state index contributed by atoms with van der Waals surface area (Å²) < 4.78 is 4.87. The van der Waals surface area contributed by atoms with Crippen LogP contribution in [0.5, 0.6) is 0 Å². The molecule has 51 heavy (non-hydrogen) atoms. The smallest absolute Gasteiger partial charge is 0.0542 e. The van der Waals surface area contributed by atoms with E-state index in [1.165, 1.54) is 93.9 Å². The van der Waals surface area contributed by atoms with Crippen LogP contribution in [-0.4, -0.2) is 9.13 Å².